The van der Waals surface area contributed by atoms with E-state index in [-0.39, 0.29) is 0 Å². The number of hydrogen-bond donors (Lipinski definition) is 0. The van der Waals surface area contributed by atoms with Gasteiger partial charge >= 0.3 is 0 Å². The van der Waals surface area contributed by atoms with Crippen molar-refractivity contribution in [1.29, 1.82) is 0 Å². The second-order valence-corrected chi connectivity index (χ2v) is 2.44. The molecule has 0 aliphatic carbocycles. The minimum Gasteiger partial charge on any atom is -0.367 e. The van der Waals surface area contributed by atoms with Gasteiger partial charge in [0.15, 0.2) is 0 Å². The Morgan fingerprint density at radius 3 is 2.25 bits per heavy atom. The van der Waals surface area contributed by atoms with Crippen LogP contribution >= 0.6 is 11.8 Å². The molecular weight excluding hydrogens is 120 g/mol. The summed E-state index contributed by atoms with van der Waals surface area (Å²) in [6.45, 7) is 6.10. The Labute approximate surface area is 55.8 Å². The normalized spacial score (nSPS) is 26.6. The third-order valence-electron chi connectivity index (χ3n) is 0.788. The van der Waals surface area contributed by atoms with Crippen LogP contribution in [0.5, 0.6) is 0 Å². The zero-order valence-electron chi connectivity index (χ0n) is 5.81. The molecule has 0 aromatic carbocycles. The first-order chi connectivity index (χ1) is 3.89. The fourth-order valence-electron chi connectivity index (χ4n) is 0.426. The molecule has 0 radical (unpaired) electrons. The van der Waals surface area contributed by atoms with Crippen LogP contribution in [0.2, 0.25) is 0 Å². The summed E-state index contributed by atoms with van der Waals surface area (Å²) < 4.78 is 5.12. The van der Waals surface area contributed by atoms with Crippen LogP contribution in [0.4, 0.5) is 0 Å². The maximum Gasteiger partial charge on any atom is 0.0925 e. The number of hydrogen-bond acceptors (Lipinski definition) is 2. The maximum absolute atomic E-state index is 5.12. The lowest BCUT2D eigenvalue weighted by Crippen LogP contribution is -1.99. The molecule has 0 aromatic heterocycles. The first-order valence-corrected chi connectivity index (χ1v) is 4.24. The Hall–Kier alpha value is 0.310. The zero-order valence-corrected chi connectivity index (χ0v) is 6.62. The summed E-state index contributed by atoms with van der Waals surface area (Å²) in [4.78, 5) is 0. The fraction of sp³-hybridized carbons (Fsp3) is 1.00. The fourth-order valence-corrected chi connectivity index (χ4v) is 1.28. The van der Waals surface area contributed by atoms with Gasteiger partial charge in [0.2, 0.25) is 0 Å². The molecule has 8 heavy (non-hydrogen) atoms. The summed E-state index contributed by atoms with van der Waals surface area (Å²) in [6, 6.07) is 0. The van der Waals surface area contributed by atoms with Crippen molar-refractivity contribution in [1.82, 2.24) is 0 Å². The molecule has 1 atom stereocenters. The van der Waals surface area contributed by atoms with E-state index in [1.54, 1.807) is 0 Å². The Morgan fingerprint density at radius 2 is 2.12 bits per heavy atom. The molecule has 1 fully saturated rings. The van der Waals surface area contributed by atoms with Gasteiger partial charge in [0.05, 0.1) is 12.0 Å². The molecule has 1 unspecified atom stereocenters. The second-order valence-electron chi connectivity index (χ2n) is 1.47. The van der Waals surface area contributed by atoms with Crippen molar-refractivity contribution in [2.45, 2.75) is 26.9 Å². The van der Waals surface area contributed by atoms with Crippen LogP contribution in [0.1, 0.15) is 20.8 Å². The van der Waals surface area contributed by atoms with Gasteiger partial charge < -0.3 is 4.74 Å². The van der Waals surface area contributed by atoms with Gasteiger partial charge in [-0.15, -0.1) is 11.8 Å². The maximum atomic E-state index is 5.12. The highest BCUT2D eigenvalue weighted by molar-refractivity contribution is 7.99. The van der Waals surface area contributed by atoms with E-state index in [1.807, 2.05) is 25.6 Å². The van der Waals surface area contributed by atoms with E-state index in [0.717, 1.165) is 5.94 Å². The van der Waals surface area contributed by atoms with Crippen LogP contribution in [0, 0.1) is 0 Å². The van der Waals surface area contributed by atoms with Gasteiger partial charge in [0.1, 0.15) is 0 Å². The van der Waals surface area contributed by atoms with Gasteiger partial charge in [-0.1, -0.05) is 13.8 Å². The number of thioether (sulfide) groups is 1. The van der Waals surface area contributed by atoms with Crippen molar-refractivity contribution >= 4 is 11.8 Å². The lowest BCUT2D eigenvalue weighted by molar-refractivity contribution is 0.139. The van der Waals surface area contributed by atoms with Crippen LogP contribution in [0.25, 0.3) is 0 Å². The Balaban J connectivity index is 0.000000222. The SMILES string of the molecule is CC.CC1CSCO1. The first kappa shape index (κ1) is 8.31. The van der Waals surface area contributed by atoms with Gasteiger partial charge in [-0.25, -0.2) is 0 Å². The lowest BCUT2D eigenvalue weighted by Gasteiger charge is -1.92. The highest BCUT2D eigenvalue weighted by Gasteiger charge is 2.07. The second kappa shape index (κ2) is 5.45. The van der Waals surface area contributed by atoms with Crippen LogP contribution in [-0.4, -0.2) is 17.8 Å². The highest BCUT2D eigenvalue weighted by atomic mass is 32.2. The van der Waals surface area contributed by atoms with Gasteiger partial charge in [-0.2, -0.15) is 0 Å². The van der Waals surface area contributed by atoms with E-state index in [4.69, 9.17) is 4.74 Å². The molecule has 1 nitrogen and oxygen atoms in total. The van der Waals surface area contributed by atoms with Crippen LogP contribution < -0.4 is 0 Å². The van der Waals surface area contributed by atoms with Crippen molar-refractivity contribution < 1.29 is 4.74 Å². The van der Waals surface area contributed by atoms with Crippen molar-refractivity contribution in [3.63, 3.8) is 0 Å². The summed E-state index contributed by atoms with van der Waals surface area (Å²) >= 11 is 1.86. The smallest absolute Gasteiger partial charge is 0.0925 e. The first-order valence-electron chi connectivity index (χ1n) is 3.09. The highest BCUT2D eigenvalue weighted by Crippen LogP contribution is 2.14. The van der Waals surface area contributed by atoms with Crippen molar-refractivity contribution in [2.24, 2.45) is 0 Å². The minimum absolute atomic E-state index is 0.509. The third-order valence-corrected chi connectivity index (χ3v) is 1.80. The molecule has 0 saturated carbocycles. The van der Waals surface area contributed by atoms with Gasteiger partial charge in [-0.3, -0.25) is 0 Å². The molecule has 1 rings (SSSR count). The average Bonchev–Trinajstić information content (AvgIpc) is 2.24. The monoisotopic (exact) mass is 134 g/mol. The molecule has 0 amide bonds. The van der Waals surface area contributed by atoms with E-state index in [9.17, 15) is 0 Å². The van der Waals surface area contributed by atoms with Gasteiger partial charge in [0.25, 0.3) is 0 Å². The van der Waals surface area contributed by atoms with Crippen molar-refractivity contribution in [2.75, 3.05) is 11.7 Å². The Bertz CT molecular complexity index is 41.8. The molecule has 2 heteroatoms. The number of rotatable bonds is 0. The molecule has 1 saturated heterocycles. The van der Waals surface area contributed by atoms with Gasteiger partial charge in [0, 0.05) is 5.75 Å². The molecule has 1 aliphatic rings. The molecule has 0 aromatic rings. The third kappa shape index (κ3) is 3.33. The summed E-state index contributed by atoms with van der Waals surface area (Å²) in [6.07, 6.45) is 0.509. The predicted octanol–water partition coefficient (Wildman–Crippen LogP) is 2.12. The molecule has 0 spiro atoms. The van der Waals surface area contributed by atoms with Crippen LogP contribution in [-0.2, 0) is 4.74 Å². The quantitative estimate of drug-likeness (QED) is 0.502. The summed E-state index contributed by atoms with van der Waals surface area (Å²) in [7, 11) is 0. The molecule has 50 valence electrons. The average molecular weight is 134 g/mol. The van der Waals surface area contributed by atoms with E-state index in [2.05, 4.69) is 6.92 Å². The molecule has 0 bridgehead atoms. The Kier molecular flexibility index (Phi) is 5.66. The van der Waals surface area contributed by atoms with Gasteiger partial charge in [-0.05, 0) is 6.92 Å². The summed E-state index contributed by atoms with van der Waals surface area (Å²) in [5.41, 5.74) is 0. The topological polar surface area (TPSA) is 9.23 Å². The lowest BCUT2D eigenvalue weighted by atomic mass is 10.5. The van der Waals surface area contributed by atoms with Crippen LogP contribution in [0.15, 0.2) is 0 Å². The molecule has 0 N–H and O–H groups in total. The number of ether oxygens (including phenoxy) is 1. The zero-order chi connectivity index (χ0) is 6.41. The predicted molar refractivity (Wildman–Crippen MR) is 39.2 cm³/mol. The van der Waals surface area contributed by atoms with Crippen LogP contribution in [0.3, 0.4) is 0 Å². The van der Waals surface area contributed by atoms with E-state index < -0.39 is 0 Å². The molecule has 1 heterocycles. The molecular formula is C6H14OS. The molecule has 1 aliphatic heterocycles. The summed E-state index contributed by atoms with van der Waals surface area (Å²) in [5, 5.41) is 0. The van der Waals surface area contributed by atoms with E-state index in [1.165, 1.54) is 5.75 Å². The van der Waals surface area contributed by atoms with Crippen molar-refractivity contribution in [3.05, 3.63) is 0 Å². The Morgan fingerprint density at radius 1 is 1.50 bits per heavy atom. The largest absolute Gasteiger partial charge is 0.367 e. The van der Waals surface area contributed by atoms with E-state index >= 15 is 0 Å². The summed E-state index contributed by atoms with van der Waals surface area (Å²) in [5.74, 6) is 2.08. The van der Waals surface area contributed by atoms with Crippen molar-refractivity contribution in [3.8, 4) is 0 Å². The van der Waals surface area contributed by atoms with E-state index in [0.29, 0.717) is 6.10 Å². The minimum atomic E-state index is 0.509. The standard InChI is InChI=1S/C4H8OS.C2H6/c1-4-2-6-3-5-4;1-2/h4H,2-3H2,1H3;1-2H3.